The maximum atomic E-state index is 13.6. The Kier molecular flexibility index (Phi) is 5.52. The molecule has 1 fully saturated rings. The first-order valence-corrected chi connectivity index (χ1v) is 8.86. The number of carbonyl (C=O) groups excluding carboxylic acids is 1. The predicted molar refractivity (Wildman–Crippen MR) is 98.5 cm³/mol. The average Bonchev–Trinajstić information content (AvgIpc) is 2.65. The molecule has 6 heteroatoms. The average molecular weight is 360 g/mol. The van der Waals surface area contributed by atoms with Crippen molar-refractivity contribution in [2.24, 2.45) is 0 Å². The minimum atomic E-state index is -0.323. The molecule has 0 bridgehead atoms. The Balaban J connectivity index is 1.55. The van der Waals surface area contributed by atoms with Gasteiger partial charge in [0, 0.05) is 11.4 Å². The Labute approximate surface area is 152 Å². The zero-order valence-electron chi connectivity index (χ0n) is 15.1. The monoisotopic (exact) mass is 360 g/mol. The standard InChI is InChI=1S/C20H23F2N3O/c1-14-3-6-17(13-19(14)22)23-20(26)15(2)24-9-11-25(12-10-24)18-7-4-16(21)5-8-18/h3-8,13,15H,9-12H2,1-2H3,(H,23,26)/p+1/t15-/m1/s1. The molecule has 1 heterocycles. The van der Waals surface area contributed by atoms with Gasteiger partial charge in [-0.25, -0.2) is 8.78 Å². The van der Waals surface area contributed by atoms with Gasteiger partial charge in [-0.05, 0) is 55.8 Å². The van der Waals surface area contributed by atoms with E-state index in [2.05, 4.69) is 10.2 Å². The highest BCUT2D eigenvalue weighted by atomic mass is 19.1. The number of quaternary nitrogens is 1. The van der Waals surface area contributed by atoms with Crippen LogP contribution in [0, 0.1) is 18.6 Å². The number of piperazine rings is 1. The Morgan fingerprint density at radius 3 is 2.38 bits per heavy atom. The number of rotatable bonds is 4. The van der Waals surface area contributed by atoms with E-state index >= 15 is 0 Å². The fourth-order valence-corrected chi connectivity index (χ4v) is 3.24. The third-order valence-electron chi connectivity index (χ3n) is 5.04. The Morgan fingerprint density at radius 1 is 1.12 bits per heavy atom. The number of hydrogen-bond donors (Lipinski definition) is 2. The lowest BCUT2D eigenvalue weighted by molar-refractivity contribution is -0.914. The molecule has 2 aromatic carbocycles. The number of nitrogens with one attached hydrogen (secondary N) is 2. The number of amides is 1. The number of hydrogen-bond acceptors (Lipinski definition) is 2. The number of anilines is 2. The van der Waals surface area contributed by atoms with Crippen LogP contribution >= 0.6 is 0 Å². The van der Waals surface area contributed by atoms with Crippen molar-refractivity contribution >= 4 is 17.3 Å². The van der Waals surface area contributed by atoms with E-state index in [1.165, 1.54) is 23.1 Å². The van der Waals surface area contributed by atoms with Crippen LogP contribution < -0.4 is 15.1 Å². The highest BCUT2D eigenvalue weighted by Gasteiger charge is 2.29. The second kappa shape index (κ2) is 7.83. The SMILES string of the molecule is Cc1ccc(NC(=O)[C@@H](C)[NH+]2CCN(c3ccc(F)cc3)CC2)cc1F. The molecule has 4 nitrogen and oxygen atoms in total. The van der Waals surface area contributed by atoms with Crippen LogP contribution in [0.25, 0.3) is 0 Å². The van der Waals surface area contributed by atoms with E-state index in [1.807, 2.05) is 6.92 Å². The van der Waals surface area contributed by atoms with Crippen molar-refractivity contribution in [1.29, 1.82) is 0 Å². The van der Waals surface area contributed by atoms with Crippen LogP contribution in [-0.4, -0.2) is 38.1 Å². The topological polar surface area (TPSA) is 36.8 Å². The van der Waals surface area contributed by atoms with Gasteiger partial charge in [0.1, 0.15) is 11.6 Å². The van der Waals surface area contributed by atoms with Gasteiger partial charge in [0.15, 0.2) is 6.04 Å². The van der Waals surface area contributed by atoms with Crippen LogP contribution in [0.1, 0.15) is 12.5 Å². The Bertz CT molecular complexity index is 771. The number of halogens is 2. The van der Waals surface area contributed by atoms with Crippen molar-refractivity contribution in [1.82, 2.24) is 0 Å². The van der Waals surface area contributed by atoms with Gasteiger partial charge in [-0.2, -0.15) is 0 Å². The van der Waals surface area contributed by atoms with Gasteiger partial charge in [0.05, 0.1) is 26.2 Å². The second-order valence-electron chi connectivity index (χ2n) is 6.80. The molecule has 0 aliphatic carbocycles. The summed E-state index contributed by atoms with van der Waals surface area (Å²) >= 11 is 0. The number of nitrogens with zero attached hydrogens (tertiary/aromatic N) is 1. The molecule has 1 saturated heterocycles. The molecule has 1 atom stereocenters. The van der Waals surface area contributed by atoms with Crippen LogP contribution in [-0.2, 0) is 4.79 Å². The van der Waals surface area contributed by atoms with Crippen molar-refractivity contribution in [3.8, 4) is 0 Å². The van der Waals surface area contributed by atoms with Crippen LogP contribution in [0.15, 0.2) is 42.5 Å². The van der Waals surface area contributed by atoms with E-state index in [9.17, 15) is 13.6 Å². The third kappa shape index (κ3) is 4.19. The number of carbonyl (C=O) groups is 1. The highest BCUT2D eigenvalue weighted by Crippen LogP contribution is 2.15. The van der Waals surface area contributed by atoms with Crippen molar-refractivity contribution in [3.63, 3.8) is 0 Å². The molecule has 0 unspecified atom stereocenters. The maximum Gasteiger partial charge on any atom is 0.282 e. The van der Waals surface area contributed by atoms with E-state index < -0.39 is 0 Å². The lowest BCUT2D eigenvalue weighted by atomic mass is 10.1. The summed E-state index contributed by atoms with van der Waals surface area (Å²) in [5.41, 5.74) is 2.03. The van der Waals surface area contributed by atoms with E-state index in [0.717, 1.165) is 31.9 Å². The Hall–Kier alpha value is -2.47. The van der Waals surface area contributed by atoms with Crippen LogP contribution in [0.4, 0.5) is 20.2 Å². The summed E-state index contributed by atoms with van der Waals surface area (Å²) in [5.74, 6) is -0.676. The van der Waals surface area contributed by atoms with Crippen LogP contribution in [0.3, 0.4) is 0 Å². The van der Waals surface area contributed by atoms with Crippen molar-refractivity contribution in [3.05, 3.63) is 59.7 Å². The van der Waals surface area contributed by atoms with Gasteiger partial charge < -0.3 is 15.1 Å². The zero-order valence-corrected chi connectivity index (χ0v) is 15.1. The van der Waals surface area contributed by atoms with Gasteiger partial charge in [0.2, 0.25) is 0 Å². The quantitative estimate of drug-likeness (QED) is 0.875. The van der Waals surface area contributed by atoms with Crippen LogP contribution in [0.5, 0.6) is 0 Å². The van der Waals surface area contributed by atoms with Crippen molar-refractivity contribution in [2.45, 2.75) is 19.9 Å². The summed E-state index contributed by atoms with van der Waals surface area (Å²) in [4.78, 5) is 15.9. The summed E-state index contributed by atoms with van der Waals surface area (Å²) < 4.78 is 26.7. The van der Waals surface area contributed by atoms with Crippen LogP contribution in [0.2, 0.25) is 0 Å². The van der Waals surface area contributed by atoms with Gasteiger partial charge in [-0.15, -0.1) is 0 Å². The summed E-state index contributed by atoms with van der Waals surface area (Å²) in [6, 6.07) is 11.0. The summed E-state index contributed by atoms with van der Waals surface area (Å²) in [6.07, 6.45) is 0. The molecular weight excluding hydrogens is 336 g/mol. The fraction of sp³-hybridized carbons (Fsp3) is 0.350. The first-order chi connectivity index (χ1) is 12.4. The number of aryl methyl sites for hydroxylation is 1. The highest BCUT2D eigenvalue weighted by molar-refractivity contribution is 5.93. The van der Waals surface area contributed by atoms with E-state index in [1.54, 1.807) is 31.2 Å². The van der Waals surface area contributed by atoms with E-state index in [-0.39, 0.29) is 23.6 Å². The molecule has 1 aliphatic rings. The summed E-state index contributed by atoms with van der Waals surface area (Å²) in [6.45, 7) is 6.81. The Morgan fingerprint density at radius 2 is 1.77 bits per heavy atom. The molecule has 1 aliphatic heterocycles. The molecule has 0 spiro atoms. The zero-order chi connectivity index (χ0) is 18.7. The molecule has 0 saturated carbocycles. The molecule has 1 amide bonds. The van der Waals surface area contributed by atoms with E-state index in [0.29, 0.717) is 11.3 Å². The lowest BCUT2D eigenvalue weighted by Crippen LogP contribution is -3.19. The maximum absolute atomic E-state index is 13.6. The van der Waals surface area contributed by atoms with Gasteiger partial charge in [-0.3, -0.25) is 4.79 Å². The molecule has 26 heavy (non-hydrogen) atoms. The van der Waals surface area contributed by atoms with Gasteiger partial charge >= 0.3 is 0 Å². The van der Waals surface area contributed by atoms with Gasteiger partial charge in [0.25, 0.3) is 5.91 Å². The fourth-order valence-electron chi connectivity index (χ4n) is 3.24. The molecule has 2 N–H and O–H groups in total. The second-order valence-corrected chi connectivity index (χ2v) is 6.80. The smallest absolute Gasteiger partial charge is 0.282 e. The minimum Gasteiger partial charge on any atom is -0.360 e. The number of benzene rings is 2. The van der Waals surface area contributed by atoms with Gasteiger partial charge in [-0.1, -0.05) is 6.07 Å². The lowest BCUT2D eigenvalue weighted by Gasteiger charge is -2.36. The predicted octanol–water partition coefficient (Wildman–Crippen LogP) is 2.01. The largest absolute Gasteiger partial charge is 0.360 e. The summed E-state index contributed by atoms with van der Waals surface area (Å²) in [5, 5.41) is 2.80. The molecule has 0 aromatic heterocycles. The minimum absolute atomic E-state index is 0.113. The molecule has 138 valence electrons. The molecule has 0 radical (unpaired) electrons. The van der Waals surface area contributed by atoms with E-state index in [4.69, 9.17) is 0 Å². The summed E-state index contributed by atoms with van der Waals surface area (Å²) in [7, 11) is 0. The normalized spacial score (nSPS) is 16.4. The third-order valence-corrected chi connectivity index (χ3v) is 5.04. The first kappa shape index (κ1) is 18.3. The first-order valence-electron chi connectivity index (χ1n) is 8.86. The molecule has 3 rings (SSSR count). The van der Waals surface area contributed by atoms with Crippen molar-refractivity contribution in [2.75, 3.05) is 36.4 Å². The molecular formula is C20H24F2N3O+. The van der Waals surface area contributed by atoms with Crippen molar-refractivity contribution < 1.29 is 18.5 Å². The molecule has 2 aromatic rings.